The molecule has 0 bridgehead atoms. The third kappa shape index (κ3) is 4.91. The van der Waals surface area contributed by atoms with Crippen molar-refractivity contribution in [2.75, 3.05) is 40.5 Å². The lowest BCUT2D eigenvalue weighted by molar-refractivity contribution is -0.0583. The largest absolute Gasteiger partial charge is 0.388 e. The minimum absolute atomic E-state index is 0.171. The Balaban J connectivity index is 3.98. The van der Waals surface area contributed by atoms with Crippen LogP contribution in [0.25, 0.3) is 0 Å². The zero-order valence-corrected chi connectivity index (χ0v) is 9.69. The number of hydrogen-bond donors (Lipinski definition) is 1. The predicted molar refractivity (Wildman–Crippen MR) is 56.5 cm³/mol. The number of aliphatic hydroxyl groups excluding tert-OH is 1. The second-order valence-corrected chi connectivity index (χ2v) is 3.28. The van der Waals surface area contributed by atoms with E-state index in [-0.39, 0.29) is 6.10 Å². The molecule has 0 unspecified atom stereocenters. The molecular weight excluding hydrogens is 182 g/mol. The van der Waals surface area contributed by atoms with E-state index in [1.807, 2.05) is 0 Å². The molecule has 0 aromatic rings. The average molecular weight is 205 g/mol. The van der Waals surface area contributed by atoms with E-state index < -0.39 is 6.10 Å². The third-order valence-electron chi connectivity index (χ3n) is 2.40. The number of methoxy groups -OCH3 is 2. The van der Waals surface area contributed by atoms with Gasteiger partial charge in [0.15, 0.2) is 0 Å². The summed E-state index contributed by atoms with van der Waals surface area (Å²) >= 11 is 0. The Morgan fingerprint density at radius 2 is 1.79 bits per heavy atom. The van der Waals surface area contributed by atoms with Gasteiger partial charge in [-0.05, 0) is 13.1 Å². The van der Waals surface area contributed by atoms with Crippen molar-refractivity contribution in [2.24, 2.45) is 0 Å². The van der Waals surface area contributed by atoms with Crippen LogP contribution in [0.2, 0.25) is 0 Å². The molecular formula is C10H23NO3. The molecule has 14 heavy (non-hydrogen) atoms. The molecule has 0 radical (unpaired) electrons. The lowest BCUT2D eigenvalue weighted by atomic mass is 10.2. The van der Waals surface area contributed by atoms with Gasteiger partial charge in [-0.2, -0.15) is 0 Å². The van der Waals surface area contributed by atoms with Crippen LogP contribution in [0.4, 0.5) is 0 Å². The standard InChI is InChI=1S/C10H23NO3/c1-5-11(6-2)7-10(14-4)9(12)8-13-3/h9-10,12H,5-8H2,1-4H3/t9-,10+/m0/s1. The Bertz CT molecular complexity index is 129. The first kappa shape index (κ1) is 13.8. The van der Waals surface area contributed by atoms with Crippen LogP contribution in [-0.2, 0) is 9.47 Å². The smallest absolute Gasteiger partial charge is 0.105 e. The molecule has 0 spiro atoms. The van der Waals surface area contributed by atoms with E-state index in [0.29, 0.717) is 6.61 Å². The molecule has 0 saturated carbocycles. The highest BCUT2D eigenvalue weighted by molar-refractivity contribution is 4.72. The maximum Gasteiger partial charge on any atom is 0.105 e. The Hall–Kier alpha value is -0.160. The van der Waals surface area contributed by atoms with Crippen molar-refractivity contribution >= 4 is 0 Å². The maximum atomic E-state index is 9.67. The Morgan fingerprint density at radius 3 is 2.14 bits per heavy atom. The summed E-state index contributed by atoms with van der Waals surface area (Å²) < 4.78 is 10.1. The second kappa shape index (κ2) is 8.17. The van der Waals surface area contributed by atoms with Gasteiger partial charge in [-0.15, -0.1) is 0 Å². The van der Waals surface area contributed by atoms with Crippen LogP contribution in [0.15, 0.2) is 0 Å². The van der Waals surface area contributed by atoms with Crippen molar-refractivity contribution in [1.29, 1.82) is 0 Å². The van der Waals surface area contributed by atoms with Gasteiger partial charge in [0.25, 0.3) is 0 Å². The Morgan fingerprint density at radius 1 is 1.21 bits per heavy atom. The van der Waals surface area contributed by atoms with Gasteiger partial charge in [0.2, 0.25) is 0 Å². The molecule has 4 nitrogen and oxygen atoms in total. The summed E-state index contributed by atoms with van der Waals surface area (Å²) in [6.45, 7) is 7.19. The Kier molecular flexibility index (Phi) is 8.08. The second-order valence-electron chi connectivity index (χ2n) is 3.28. The van der Waals surface area contributed by atoms with Crippen molar-refractivity contribution in [1.82, 2.24) is 4.90 Å². The lowest BCUT2D eigenvalue weighted by Crippen LogP contribution is -2.42. The van der Waals surface area contributed by atoms with E-state index in [4.69, 9.17) is 9.47 Å². The summed E-state index contributed by atoms with van der Waals surface area (Å²) in [5.74, 6) is 0. The van der Waals surface area contributed by atoms with Crippen molar-refractivity contribution < 1.29 is 14.6 Å². The first-order chi connectivity index (χ1) is 6.69. The highest BCUT2D eigenvalue weighted by atomic mass is 16.5. The van der Waals surface area contributed by atoms with Crippen LogP contribution in [0.1, 0.15) is 13.8 Å². The molecule has 0 heterocycles. The summed E-state index contributed by atoms with van der Waals surface area (Å²) in [5.41, 5.74) is 0. The normalized spacial score (nSPS) is 15.9. The van der Waals surface area contributed by atoms with E-state index in [9.17, 15) is 5.11 Å². The van der Waals surface area contributed by atoms with Crippen molar-refractivity contribution in [3.8, 4) is 0 Å². The SMILES string of the molecule is CCN(CC)C[C@@H](OC)[C@@H](O)COC. The molecule has 0 aliphatic carbocycles. The number of hydrogen-bond acceptors (Lipinski definition) is 4. The Labute approximate surface area is 86.8 Å². The highest BCUT2D eigenvalue weighted by Gasteiger charge is 2.20. The number of likely N-dealkylation sites (N-methyl/N-ethyl adjacent to an activating group) is 1. The molecule has 2 atom stereocenters. The van der Waals surface area contributed by atoms with Crippen LogP contribution in [0, 0.1) is 0 Å². The zero-order chi connectivity index (χ0) is 11.0. The summed E-state index contributed by atoms with van der Waals surface area (Å²) in [4.78, 5) is 2.22. The lowest BCUT2D eigenvalue weighted by Gasteiger charge is -2.27. The average Bonchev–Trinajstić information content (AvgIpc) is 2.20. The van der Waals surface area contributed by atoms with Crippen LogP contribution in [-0.4, -0.2) is 62.7 Å². The van der Waals surface area contributed by atoms with Crippen LogP contribution < -0.4 is 0 Å². The van der Waals surface area contributed by atoms with Gasteiger partial charge >= 0.3 is 0 Å². The molecule has 0 amide bonds. The van der Waals surface area contributed by atoms with E-state index in [0.717, 1.165) is 19.6 Å². The predicted octanol–water partition coefficient (Wildman–Crippen LogP) is 0.350. The van der Waals surface area contributed by atoms with Crippen LogP contribution in [0.3, 0.4) is 0 Å². The van der Waals surface area contributed by atoms with Crippen LogP contribution in [0.5, 0.6) is 0 Å². The molecule has 4 heteroatoms. The van der Waals surface area contributed by atoms with Gasteiger partial charge in [0.1, 0.15) is 6.10 Å². The third-order valence-corrected chi connectivity index (χ3v) is 2.40. The molecule has 0 saturated heterocycles. The first-order valence-electron chi connectivity index (χ1n) is 5.11. The van der Waals surface area contributed by atoms with Gasteiger partial charge < -0.3 is 19.5 Å². The fraction of sp³-hybridized carbons (Fsp3) is 1.00. The number of rotatable bonds is 8. The summed E-state index contributed by atoms with van der Waals surface area (Å²) in [6.07, 6.45) is -0.722. The molecule has 0 rings (SSSR count). The molecule has 0 aliphatic heterocycles. The van der Waals surface area contributed by atoms with E-state index in [1.54, 1.807) is 14.2 Å². The molecule has 0 aliphatic rings. The molecule has 1 N–H and O–H groups in total. The van der Waals surface area contributed by atoms with Gasteiger partial charge in [-0.3, -0.25) is 0 Å². The molecule has 0 aromatic carbocycles. The van der Waals surface area contributed by atoms with E-state index >= 15 is 0 Å². The topological polar surface area (TPSA) is 41.9 Å². The number of ether oxygens (including phenoxy) is 2. The number of aliphatic hydroxyl groups is 1. The fourth-order valence-corrected chi connectivity index (χ4v) is 1.37. The summed E-state index contributed by atoms with van der Waals surface area (Å²) in [6, 6.07) is 0. The van der Waals surface area contributed by atoms with Crippen molar-refractivity contribution in [3.63, 3.8) is 0 Å². The highest BCUT2D eigenvalue weighted by Crippen LogP contribution is 2.02. The van der Waals surface area contributed by atoms with E-state index in [2.05, 4.69) is 18.7 Å². The minimum atomic E-state index is -0.550. The van der Waals surface area contributed by atoms with E-state index in [1.165, 1.54) is 0 Å². The molecule has 0 fully saturated rings. The van der Waals surface area contributed by atoms with Crippen molar-refractivity contribution in [2.45, 2.75) is 26.1 Å². The first-order valence-corrected chi connectivity index (χ1v) is 5.11. The molecule has 0 aromatic heterocycles. The minimum Gasteiger partial charge on any atom is -0.388 e. The quantitative estimate of drug-likeness (QED) is 0.621. The van der Waals surface area contributed by atoms with Crippen molar-refractivity contribution in [3.05, 3.63) is 0 Å². The molecule has 86 valence electrons. The zero-order valence-electron chi connectivity index (χ0n) is 9.69. The van der Waals surface area contributed by atoms with Gasteiger partial charge in [0, 0.05) is 20.8 Å². The van der Waals surface area contributed by atoms with Gasteiger partial charge in [-0.1, -0.05) is 13.8 Å². The summed E-state index contributed by atoms with van der Waals surface area (Å²) in [5, 5.41) is 9.67. The van der Waals surface area contributed by atoms with Gasteiger partial charge in [0.05, 0.1) is 12.7 Å². The fourth-order valence-electron chi connectivity index (χ4n) is 1.37. The monoisotopic (exact) mass is 205 g/mol. The summed E-state index contributed by atoms with van der Waals surface area (Å²) in [7, 11) is 3.19. The maximum absolute atomic E-state index is 9.67. The van der Waals surface area contributed by atoms with Gasteiger partial charge in [-0.25, -0.2) is 0 Å². The van der Waals surface area contributed by atoms with Crippen LogP contribution >= 0.6 is 0 Å². The number of nitrogens with zero attached hydrogens (tertiary/aromatic N) is 1.